The lowest BCUT2D eigenvalue weighted by Gasteiger charge is -1.98. The highest BCUT2D eigenvalue weighted by Crippen LogP contribution is 2.40. The molecule has 12 heavy (non-hydrogen) atoms. The number of allylic oxidation sites excluding steroid dienone is 2. The average molecular weight is 190 g/mol. The molecule has 0 N–H and O–H groups in total. The molecule has 0 heterocycles. The van der Waals surface area contributed by atoms with Gasteiger partial charge in [-0.1, -0.05) is 6.92 Å². The van der Waals surface area contributed by atoms with E-state index in [1.54, 1.807) is 0 Å². The first-order chi connectivity index (χ1) is 5.13. The van der Waals surface area contributed by atoms with Crippen molar-refractivity contribution in [1.29, 1.82) is 0 Å². The van der Waals surface area contributed by atoms with Gasteiger partial charge in [0.25, 0.3) is 0 Å². The van der Waals surface area contributed by atoms with Crippen molar-refractivity contribution in [1.82, 2.24) is 0 Å². The SMILES string of the molecule is CC(=O)/C=C(/C)[O-].C[P+](C)(C)C. The van der Waals surface area contributed by atoms with Gasteiger partial charge in [-0.2, -0.15) is 0 Å². The van der Waals surface area contributed by atoms with E-state index in [1.165, 1.54) is 13.8 Å². The topological polar surface area (TPSA) is 40.1 Å². The van der Waals surface area contributed by atoms with E-state index in [0.29, 0.717) is 0 Å². The van der Waals surface area contributed by atoms with Crippen LogP contribution in [0.15, 0.2) is 11.8 Å². The van der Waals surface area contributed by atoms with E-state index >= 15 is 0 Å². The van der Waals surface area contributed by atoms with Crippen LogP contribution in [0, 0.1) is 0 Å². The van der Waals surface area contributed by atoms with Gasteiger partial charge in [-0.15, -0.1) is 5.76 Å². The summed E-state index contributed by atoms with van der Waals surface area (Å²) in [6.07, 6.45) is 1.06. The summed E-state index contributed by atoms with van der Waals surface area (Å²) >= 11 is 0. The second-order valence-corrected chi connectivity index (χ2v) is 9.42. The third-order valence-corrected chi connectivity index (χ3v) is 0.407. The van der Waals surface area contributed by atoms with Gasteiger partial charge in [0.05, 0.1) is 0 Å². The monoisotopic (exact) mass is 190 g/mol. The van der Waals surface area contributed by atoms with Gasteiger partial charge in [-0.05, 0) is 13.0 Å². The van der Waals surface area contributed by atoms with Crippen LogP contribution in [-0.4, -0.2) is 32.4 Å². The lowest BCUT2D eigenvalue weighted by Crippen LogP contribution is -1.99. The van der Waals surface area contributed by atoms with Crippen LogP contribution in [0.4, 0.5) is 0 Å². The normalized spacial score (nSPS) is 11.7. The molecule has 0 amide bonds. The Morgan fingerprint density at radius 3 is 1.42 bits per heavy atom. The molecule has 0 atom stereocenters. The van der Waals surface area contributed by atoms with E-state index < -0.39 is 0 Å². The van der Waals surface area contributed by atoms with E-state index in [4.69, 9.17) is 0 Å². The number of hydrogen-bond donors (Lipinski definition) is 0. The van der Waals surface area contributed by atoms with Gasteiger partial charge in [-0.3, -0.25) is 4.79 Å². The lowest BCUT2D eigenvalue weighted by molar-refractivity contribution is -0.301. The first kappa shape index (κ1) is 14.2. The van der Waals surface area contributed by atoms with Gasteiger partial charge in [0.15, 0.2) is 5.78 Å². The van der Waals surface area contributed by atoms with E-state index in [2.05, 4.69) is 26.7 Å². The molecule has 0 aliphatic carbocycles. The Bertz CT molecular complexity index is 156. The Balaban J connectivity index is 0. The predicted octanol–water partition coefficient (Wildman–Crippen LogP) is 1.36. The second-order valence-electron chi connectivity index (χ2n) is 4.05. The fraction of sp³-hybridized carbons (Fsp3) is 0.667. The van der Waals surface area contributed by atoms with Gasteiger partial charge in [-0.25, -0.2) is 0 Å². The maximum atomic E-state index is 9.98. The minimum atomic E-state index is -0.389. The van der Waals surface area contributed by atoms with Crippen LogP contribution in [-0.2, 0) is 4.79 Å². The first-order valence-electron chi connectivity index (χ1n) is 3.77. The fourth-order valence-corrected chi connectivity index (χ4v) is 0.286. The molecule has 0 unspecified atom stereocenters. The molecule has 2 nitrogen and oxygen atoms in total. The maximum Gasteiger partial charge on any atom is 0.151 e. The summed E-state index contributed by atoms with van der Waals surface area (Å²) in [5, 5.41) is 9.98. The summed E-state index contributed by atoms with van der Waals surface area (Å²) in [7, 11) is -0.389. The standard InChI is InChI=1S/C5H8O2.C4H12P/c1-4(6)3-5(2)7;1-5(2,3)4/h3,6H,1-2H3;1-4H3/q;+1/p-1/b4-3-;. The average Bonchev–Trinajstić information content (AvgIpc) is 1.52. The van der Waals surface area contributed by atoms with Crippen LogP contribution in [0.25, 0.3) is 0 Å². The highest BCUT2D eigenvalue weighted by molar-refractivity contribution is 7.72. The van der Waals surface area contributed by atoms with Gasteiger partial charge in [0.2, 0.25) is 0 Å². The summed E-state index contributed by atoms with van der Waals surface area (Å²) in [6, 6.07) is 0. The van der Waals surface area contributed by atoms with Crippen molar-refractivity contribution in [3.05, 3.63) is 11.8 Å². The van der Waals surface area contributed by atoms with Crippen molar-refractivity contribution < 1.29 is 9.90 Å². The summed E-state index contributed by atoms with van der Waals surface area (Å²) in [4.78, 5) is 9.98. The minimum absolute atomic E-state index is 0.187. The lowest BCUT2D eigenvalue weighted by atomic mass is 10.4. The van der Waals surface area contributed by atoms with Crippen LogP contribution in [0.1, 0.15) is 13.8 Å². The molecular weight excluding hydrogens is 171 g/mol. The molecule has 0 radical (unpaired) electrons. The van der Waals surface area contributed by atoms with Crippen LogP contribution in [0.5, 0.6) is 0 Å². The quantitative estimate of drug-likeness (QED) is 0.356. The number of carbonyl (C=O) groups is 1. The zero-order valence-corrected chi connectivity index (χ0v) is 9.74. The van der Waals surface area contributed by atoms with Gasteiger partial charge in [0.1, 0.15) is 0 Å². The van der Waals surface area contributed by atoms with Crippen molar-refractivity contribution in [2.75, 3.05) is 26.7 Å². The predicted molar refractivity (Wildman–Crippen MR) is 55.1 cm³/mol. The summed E-state index contributed by atoms with van der Waals surface area (Å²) < 4.78 is 0. The summed E-state index contributed by atoms with van der Waals surface area (Å²) in [5.74, 6) is -0.375. The first-order valence-corrected chi connectivity index (χ1v) is 7.35. The molecular formula is C9H19O2P. The van der Waals surface area contributed by atoms with Gasteiger partial charge >= 0.3 is 0 Å². The Kier molecular flexibility index (Phi) is 7.31. The summed E-state index contributed by atoms with van der Waals surface area (Å²) in [6.45, 7) is 11.9. The smallest absolute Gasteiger partial charge is 0.151 e. The molecule has 0 aliphatic rings. The van der Waals surface area contributed by atoms with Crippen LogP contribution in [0.2, 0.25) is 0 Å². The Hall–Kier alpha value is -0.360. The largest absolute Gasteiger partial charge is 0.876 e. The van der Waals surface area contributed by atoms with Crippen molar-refractivity contribution in [2.24, 2.45) is 0 Å². The van der Waals surface area contributed by atoms with E-state index in [1.807, 2.05) is 0 Å². The molecule has 0 saturated heterocycles. The van der Waals surface area contributed by atoms with Crippen molar-refractivity contribution in [2.45, 2.75) is 13.8 Å². The maximum absolute atomic E-state index is 9.98. The fourth-order valence-electron chi connectivity index (χ4n) is 0.286. The molecule has 0 aromatic rings. The molecule has 0 aromatic heterocycles. The number of hydrogen-bond acceptors (Lipinski definition) is 2. The van der Waals surface area contributed by atoms with E-state index in [0.717, 1.165) is 6.08 Å². The van der Waals surface area contributed by atoms with Crippen molar-refractivity contribution >= 4 is 13.0 Å². The summed E-state index contributed by atoms with van der Waals surface area (Å²) in [5.41, 5.74) is 0. The molecule has 0 aromatic carbocycles. The van der Waals surface area contributed by atoms with Crippen LogP contribution >= 0.6 is 7.26 Å². The highest BCUT2D eigenvalue weighted by atomic mass is 31.2. The van der Waals surface area contributed by atoms with E-state index in [-0.39, 0.29) is 18.8 Å². The highest BCUT2D eigenvalue weighted by Gasteiger charge is 2.03. The third-order valence-electron chi connectivity index (χ3n) is 0.407. The molecule has 3 heteroatoms. The van der Waals surface area contributed by atoms with Gasteiger partial charge in [0, 0.05) is 33.9 Å². The van der Waals surface area contributed by atoms with Crippen molar-refractivity contribution in [3.8, 4) is 0 Å². The Labute approximate surface area is 76.0 Å². The van der Waals surface area contributed by atoms with Crippen molar-refractivity contribution in [3.63, 3.8) is 0 Å². The molecule has 0 fully saturated rings. The molecule has 0 saturated carbocycles. The molecule has 72 valence electrons. The van der Waals surface area contributed by atoms with E-state index in [9.17, 15) is 9.90 Å². The molecule has 0 aliphatic heterocycles. The molecule has 0 bridgehead atoms. The Morgan fingerprint density at radius 1 is 1.17 bits per heavy atom. The third kappa shape index (κ3) is 54.3. The van der Waals surface area contributed by atoms with Gasteiger partial charge < -0.3 is 5.11 Å². The second kappa shape index (κ2) is 6.19. The number of carbonyl (C=O) groups excluding carboxylic acids is 1. The number of ketones is 1. The Morgan fingerprint density at radius 2 is 1.42 bits per heavy atom. The number of rotatable bonds is 1. The molecule has 0 spiro atoms. The zero-order valence-electron chi connectivity index (χ0n) is 8.84. The molecule has 0 rings (SSSR count). The zero-order chi connectivity index (χ0) is 10.4. The minimum Gasteiger partial charge on any atom is -0.876 e. The van der Waals surface area contributed by atoms with Crippen LogP contribution in [0.3, 0.4) is 0 Å². The van der Waals surface area contributed by atoms with Crippen LogP contribution < -0.4 is 5.11 Å².